The maximum atomic E-state index is 12.9. The lowest BCUT2D eigenvalue weighted by Crippen LogP contribution is -2.46. The molecule has 1 aromatic carbocycles. The maximum absolute atomic E-state index is 12.9. The summed E-state index contributed by atoms with van der Waals surface area (Å²) in [5, 5.41) is 3.38. The predicted octanol–water partition coefficient (Wildman–Crippen LogP) is 3.02. The highest BCUT2D eigenvalue weighted by molar-refractivity contribution is 6.35. The number of likely N-dealkylation sites (tertiary alicyclic amines) is 1. The van der Waals surface area contributed by atoms with E-state index in [1.807, 2.05) is 0 Å². The van der Waals surface area contributed by atoms with Crippen molar-refractivity contribution in [1.82, 2.24) is 15.1 Å². The number of halogens is 2. The largest absolute Gasteiger partial charge is 0.341 e. The molecule has 4 amide bonds. The molecule has 6 nitrogen and oxygen atoms in total. The van der Waals surface area contributed by atoms with E-state index >= 15 is 0 Å². The van der Waals surface area contributed by atoms with E-state index in [1.54, 1.807) is 24.0 Å². The van der Waals surface area contributed by atoms with E-state index in [0.717, 1.165) is 17.7 Å². The summed E-state index contributed by atoms with van der Waals surface area (Å²) in [6.45, 7) is 4.78. The lowest BCUT2D eigenvalue weighted by Gasteiger charge is -2.31. The Morgan fingerprint density at radius 2 is 1.92 bits per heavy atom. The molecule has 3 rings (SSSR count). The molecule has 0 aliphatic carbocycles. The number of hydrogen-bond donors (Lipinski definition) is 1. The van der Waals surface area contributed by atoms with Crippen molar-refractivity contribution in [3.8, 4) is 0 Å². The van der Waals surface area contributed by atoms with Gasteiger partial charge in [-0.2, -0.15) is 0 Å². The average Bonchev–Trinajstić information content (AvgIpc) is 2.79. The minimum absolute atomic E-state index is 0.216. The van der Waals surface area contributed by atoms with Gasteiger partial charge in [0.1, 0.15) is 12.1 Å². The van der Waals surface area contributed by atoms with Gasteiger partial charge in [-0.3, -0.25) is 14.5 Å². The molecule has 1 unspecified atom stereocenters. The van der Waals surface area contributed by atoms with Gasteiger partial charge >= 0.3 is 6.03 Å². The third-order valence-electron chi connectivity index (χ3n) is 5.17. The van der Waals surface area contributed by atoms with Crippen LogP contribution >= 0.6 is 23.2 Å². The molecule has 1 N–H and O–H groups in total. The summed E-state index contributed by atoms with van der Waals surface area (Å²) in [6, 6.07) is 4.14. The Hall–Kier alpha value is -1.79. The van der Waals surface area contributed by atoms with Gasteiger partial charge in [0, 0.05) is 28.7 Å². The number of urea groups is 1. The van der Waals surface area contributed by atoms with Gasteiger partial charge in [-0.1, -0.05) is 36.2 Å². The highest BCUT2D eigenvalue weighted by Gasteiger charge is 2.50. The van der Waals surface area contributed by atoms with Gasteiger partial charge in [-0.05, 0) is 37.8 Å². The van der Waals surface area contributed by atoms with E-state index in [-0.39, 0.29) is 17.5 Å². The van der Waals surface area contributed by atoms with Crippen LogP contribution in [0.4, 0.5) is 4.79 Å². The van der Waals surface area contributed by atoms with Crippen molar-refractivity contribution >= 4 is 41.0 Å². The van der Waals surface area contributed by atoms with Gasteiger partial charge in [0.15, 0.2) is 0 Å². The normalized spacial score (nSPS) is 24.2. The molecule has 2 aliphatic rings. The molecule has 0 bridgehead atoms. The van der Waals surface area contributed by atoms with Gasteiger partial charge < -0.3 is 10.2 Å². The van der Waals surface area contributed by atoms with E-state index in [0.29, 0.717) is 29.6 Å². The second kappa shape index (κ2) is 7.08. The quantitative estimate of drug-likeness (QED) is 0.796. The van der Waals surface area contributed by atoms with Crippen molar-refractivity contribution in [3.63, 3.8) is 0 Å². The Morgan fingerprint density at radius 3 is 2.54 bits per heavy atom. The number of amides is 4. The molecule has 2 fully saturated rings. The third-order valence-corrected chi connectivity index (χ3v) is 5.72. The Kier molecular flexibility index (Phi) is 5.17. The fraction of sp³-hybridized carbons (Fsp3) is 0.500. The van der Waals surface area contributed by atoms with Gasteiger partial charge in [0.25, 0.3) is 5.91 Å². The van der Waals surface area contributed by atoms with E-state index in [4.69, 9.17) is 23.2 Å². The highest BCUT2D eigenvalue weighted by atomic mass is 35.5. The molecule has 8 heteroatoms. The van der Waals surface area contributed by atoms with Crippen LogP contribution in [0.3, 0.4) is 0 Å². The topological polar surface area (TPSA) is 69.7 Å². The minimum atomic E-state index is -1.32. The summed E-state index contributed by atoms with van der Waals surface area (Å²) in [5.41, 5.74) is -0.876. The fourth-order valence-electron chi connectivity index (χ4n) is 3.41. The summed E-state index contributed by atoms with van der Waals surface area (Å²) in [5.74, 6) is -0.122. The SMILES string of the molecule is CC1CCN(C(=O)CN2C(=O)NC(C)(c3ccc(Cl)cc3Cl)C2=O)CC1. The molecule has 2 saturated heterocycles. The summed E-state index contributed by atoms with van der Waals surface area (Å²) in [4.78, 5) is 40.5. The summed E-state index contributed by atoms with van der Waals surface area (Å²) < 4.78 is 0. The van der Waals surface area contributed by atoms with Crippen LogP contribution in [0.2, 0.25) is 10.0 Å². The Morgan fingerprint density at radius 1 is 1.27 bits per heavy atom. The van der Waals surface area contributed by atoms with Crippen LogP contribution in [0.1, 0.15) is 32.3 Å². The molecule has 0 aromatic heterocycles. The number of imide groups is 1. The van der Waals surface area contributed by atoms with Gasteiger partial charge in [-0.25, -0.2) is 4.79 Å². The van der Waals surface area contributed by atoms with Crippen molar-refractivity contribution in [1.29, 1.82) is 0 Å². The molecule has 2 aliphatic heterocycles. The van der Waals surface area contributed by atoms with Crippen molar-refractivity contribution in [3.05, 3.63) is 33.8 Å². The Balaban J connectivity index is 1.77. The van der Waals surface area contributed by atoms with Gasteiger partial charge in [0.2, 0.25) is 5.91 Å². The first-order valence-corrected chi connectivity index (χ1v) is 9.35. The third kappa shape index (κ3) is 3.40. The Labute approximate surface area is 162 Å². The number of rotatable bonds is 3. The molecule has 0 spiro atoms. The molecule has 1 atom stereocenters. The number of hydrogen-bond acceptors (Lipinski definition) is 3. The highest BCUT2D eigenvalue weighted by Crippen LogP contribution is 2.35. The van der Waals surface area contributed by atoms with Crippen LogP contribution in [-0.2, 0) is 15.1 Å². The summed E-state index contributed by atoms with van der Waals surface area (Å²) >= 11 is 12.1. The summed E-state index contributed by atoms with van der Waals surface area (Å²) in [7, 11) is 0. The van der Waals surface area contributed by atoms with Gasteiger partial charge in [0.05, 0.1) is 0 Å². The molecular weight excluding hydrogens is 377 g/mol. The smallest absolute Gasteiger partial charge is 0.325 e. The number of piperidine rings is 1. The first kappa shape index (κ1) is 19.0. The van der Waals surface area contributed by atoms with Crippen molar-refractivity contribution < 1.29 is 14.4 Å². The zero-order chi connectivity index (χ0) is 19.1. The van der Waals surface area contributed by atoms with E-state index in [9.17, 15) is 14.4 Å². The number of carbonyl (C=O) groups excluding carboxylic acids is 3. The van der Waals surface area contributed by atoms with Crippen LogP contribution in [0.25, 0.3) is 0 Å². The monoisotopic (exact) mass is 397 g/mol. The maximum Gasteiger partial charge on any atom is 0.325 e. The lowest BCUT2D eigenvalue weighted by molar-refractivity contribution is -0.139. The second-order valence-corrected chi connectivity index (χ2v) is 7.98. The van der Waals surface area contributed by atoms with Crippen molar-refractivity contribution in [2.45, 2.75) is 32.2 Å². The number of nitrogens with one attached hydrogen (secondary N) is 1. The van der Waals surface area contributed by atoms with E-state index in [2.05, 4.69) is 12.2 Å². The zero-order valence-corrected chi connectivity index (χ0v) is 16.2. The first-order chi connectivity index (χ1) is 12.2. The van der Waals surface area contributed by atoms with Gasteiger partial charge in [-0.15, -0.1) is 0 Å². The molecule has 140 valence electrons. The van der Waals surface area contributed by atoms with Crippen molar-refractivity contribution in [2.75, 3.05) is 19.6 Å². The molecule has 2 heterocycles. The average molecular weight is 398 g/mol. The number of carbonyl (C=O) groups is 3. The van der Waals surface area contributed by atoms with Crippen LogP contribution in [0, 0.1) is 5.92 Å². The molecule has 26 heavy (non-hydrogen) atoms. The van der Waals surface area contributed by atoms with E-state index < -0.39 is 17.5 Å². The molecule has 0 radical (unpaired) electrons. The van der Waals surface area contributed by atoms with Crippen LogP contribution in [-0.4, -0.2) is 47.3 Å². The molecule has 1 aromatic rings. The van der Waals surface area contributed by atoms with Crippen LogP contribution < -0.4 is 5.32 Å². The fourth-order valence-corrected chi connectivity index (χ4v) is 4.01. The lowest BCUT2D eigenvalue weighted by atomic mass is 9.92. The molecular formula is C18H21Cl2N3O3. The van der Waals surface area contributed by atoms with E-state index in [1.165, 1.54) is 6.07 Å². The predicted molar refractivity (Wildman–Crippen MR) is 99.0 cm³/mol. The zero-order valence-electron chi connectivity index (χ0n) is 14.7. The van der Waals surface area contributed by atoms with Crippen LogP contribution in [0.5, 0.6) is 0 Å². The first-order valence-electron chi connectivity index (χ1n) is 8.60. The second-order valence-electron chi connectivity index (χ2n) is 7.13. The summed E-state index contributed by atoms with van der Waals surface area (Å²) in [6.07, 6.45) is 1.87. The number of nitrogens with zero attached hydrogens (tertiary/aromatic N) is 2. The number of benzene rings is 1. The minimum Gasteiger partial charge on any atom is -0.341 e. The molecule has 0 saturated carbocycles. The van der Waals surface area contributed by atoms with Crippen molar-refractivity contribution in [2.24, 2.45) is 5.92 Å². The Bertz CT molecular complexity index is 762. The standard InChI is InChI=1S/C18H21Cl2N3O3/c1-11-5-7-22(8-6-11)15(24)10-23-16(25)18(2,21-17(23)26)13-4-3-12(19)9-14(13)20/h3-4,9,11H,5-8,10H2,1-2H3,(H,21,26). The van der Waals surface area contributed by atoms with Crippen LogP contribution in [0.15, 0.2) is 18.2 Å².